The van der Waals surface area contributed by atoms with Gasteiger partial charge in [-0.2, -0.15) is 0 Å². The number of hydrogen-bond donors (Lipinski definition) is 0. The van der Waals surface area contributed by atoms with E-state index in [-0.39, 0.29) is 11.9 Å². The van der Waals surface area contributed by atoms with Crippen LogP contribution in [-0.2, 0) is 0 Å². The minimum Gasteiger partial charge on any atom is -0.493 e. The number of likely N-dealkylation sites (tertiary alicyclic amines) is 1. The van der Waals surface area contributed by atoms with Crippen LogP contribution < -0.4 is 14.2 Å². The van der Waals surface area contributed by atoms with E-state index in [2.05, 4.69) is 12.1 Å². The van der Waals surface area contributed by atoms with Gasteiger partial charge in [-0.3, -0.25) is 4.79 Å². The second kappa shape index (κ2) is 7.47. The molecule has 1 saturated heterocycles. The molecule has 1 amide bonds. The molecule has 1 unspecified atom stereocenters. The van der Waals surface area contributed by atoms with Gasteiger partial charge in [-0.05, 0) is 30.5 Å². The zero-order valence-corrected chi connectivity index (χ0v) is 14.8. The van der Waals surface area contributed by atoms with Gasteiger partial charge in [0.2, 0.25) is 5.75 Å². The molecule has 0 spiro atoms. The second-order valence-electron chi connectivity index (χ2n) is 5.98. The highest BCUT2D eigenvalue weighted by Crippen LogP contribution is 2.40. The van der Waals surface area contributed by atoms with Crippen molar-refractivity contribution in [1.82, 2.24) is 4.90 Å². The van der Waals surface area contributed by atoms with Crippen molar-refractivity contribution >= 4 is 5.91 Å². The third-order valence-electron chi connectivity index (χ3n) is 4.61. The first kappa shape index (κ1) is 17.1. The van der Waals surface area contributed by atoms with Gasteiger partial charge in [0.1, 0.15) is 0 Å². The summed E-state index contributed by atoms with van der Waals surface area (Å²) in [5.41, 5.74) is 1.71. The topological polar surface area (TPSA) is 48.0 Å². The highest BCUT2D eigenvalue weighted by atomic mass is 16.5. The number of hydrogen-bond acceptors (Lipinski definition) is 4. The van der Waals surface area contributed by atoms with E-state index in [9.17, 15) is 4.79 Å². The smallest absolute Gasteiger partial charge is 0.254 e. The highest BCUT2D eigenvalue weighted by molar-refractivity contribution is 5.96. The third-order valence-corrected chi connectivity index (χ3v) is 4.61. The molecule has 5 nitrogen and oxygen atoms in total. The van der Waals surface area contributed by atoms with Crippen molar-refractivity contribution in [2.24, 2.45) is 0 Å². The molecule has 1 aliphatic rings. The number of amides is 1. The SMILES string of the molecule is COc1cc(C(=O)N2CCCC2c2ccccc2)cc(OC)c1OC. The van der Waals surface area contributed by atoms with Crippen molar-refractivity contribution < 1.29 is 19.0 Å². The minimum absolute atomic E-state index is 0.0226. The molecule has 0 aliphatic carbocycles. The van der Waals surface area contributed by atoms with Crippen molar-refractivity contribution in [2.75, 3.05) is 27.9 Å². The molecule has 3 rings (SSSR count). The van der Waals surface area contributed by atoms with E-state index >= 15 is 0 Å². The zero-order valence-electron chi connectivity index (χ0n) is 14.8. The number of methoxy groups -OCH3 is 3. The van der Waals surface area contributed by atoms with E-state index in [4.69, 9.17) is 14.2 Å². The largest absolute Gasteiger partial charge is 0.493 e. The van der Waals surface area contributed by atoms with Crippen molar-refractivity contribution in [3.63, 3.8) is 0 Å². The summed E-state index contributed by atoms with van der Waals surface area (Å²) in [6.07, 6.45) is 1.97. The molecule has 0 saturated carbocycles. The molecule has 0 radical (unpaired) electrons. The van der Waals surface area contributed by atoms with E-state index in [0.29, 0.717) is 22.8 Å². The predicted octanol–water partition coefficient (Wildman–Crippen LogP) is 3.69. The first-order valence-electron chi connectivity index (χ1n) is 8.35. The lowest BCUT2D eigenvalue weighted by Gasteiger charge is -2.26. The Morgan fingerprint density at radius 2 is 1.64 bits per heavy atom. The lowest BCUT2D eigenvalue weighted by Crippen LogP contribution is -2.30. The van der Waals surface area contributed by atoms with Crippen LogP contribution in [0.25, 0.3) is 0 Å². The number of ether oxygens (including phenoxy) is 3. The van der Waals surface area contributed by atoms with Crippen LogP contribution in [0.2, 0.25) is 0 Å². The van der Waals surface area contributed by atoms with Gasteiger partial charge < -0.3 is 19.1 Å². The lowest BCUT2D eigenvalue weighted by atomic mass is 10.0. The van der Waals surface area contributed by atoms with Crippen LogP contribution in [0.5, 0.6) is 17.2 Å². The molecule has 1 aliphatic heterocycles. The quantitative estimate of drug-likeness (QED) is 0.832. The Balaban J connectivity index is 1.95. The minimum atomic E-state index is -0.0226. The molecular weight excluding hydrogens is 318 g/mol. The molecule has 5 heteroatoms. The number of carbonyl (C=O) groups is 1. The molecule has 132 valence electrons. The summed E-state index contributed by atoms with van der Waals surface area (Å²) in [7, 11) is 4.65. The van der Waals surface area contributed by atoms with E-state index in [1.165, 1.54) is 5.56 Å². The Hall–Kier alpha value is -2.69. The molecular formula is C20H23NO4. The maximum atomic E-state index is 13.1. The number of nitrogens with zero attached hydrogens (tertiary/aromatic N) is 1. The van der Waals surface area contributed by atoms with Crippen molar-refractivity contribution in [1.29, 1.82) is 0 Å². The van der Waals surface area contributed by atoms with Gasteiger partial charge in [0.25, 0.3) is 5.91 Å². The molecule has 25 heavy (non-hydrogen) atoms. The van der Waals surface area contributed by atoms with Gasteiger partial charge >= 0.3 is 0 Å². The van der Waals surface area contributed by atoms with Gasteiger partial charge in [-0.25, -0.2) is 0 Å². The van der Waals surface area contributed by atoms with Crippen LogP contribution >= 0.6 is 0 Å². The van der Waals surface area contributed by atoms with Crippen molar-refractivity contribution in [2.45, 2.75) is 18.9 Å². The predicted molar refractivity (Wildman–Crippen MR) is 95.6 cm³/mol. The first-order chi connectivity index (χ1) is 12.2. The van der Waals surface area contributed by atoms with Crippen LogP contribution in [0, 0.1) is 0 Å². The number of carbonyl (C=O) groups excluding carboxylic acids is 1. The van der Waals surface area contributed by atoms with Gasteiger partial charge in [-0.1, -0.05) is 30.3 Å². The fraction of sp³-hybridized carbons (Fsp3) is 0.350. The Morgan fingerprint density at radius 3 is 2.20 bits per heavy atom. The Kier molecular flexibility index (Phi) is 5.12. The third kappa shape index (κ3) is 3.27. The van der Waals surface area contributed by atoms with Crippen LogP contribution in [0.3, 0.4) is 0 Å². The summed E-state index contributed by atoms with van der Waals surface area (Å²) in [4.78, 5) is 15.1. The summed E-state index contributed by atoms with van der Waals surface area (Å²) >= 11 is 0. The second-order valence-corrected chi connectivity index (χ2v) is 5.98. The molecule has 1 heterocycles. The Morgan fingerprint density at radius 1 is 1.00 bits per heavy atom. The highest BCUT2D eigenvalue weighted by Gasteiger charge is 2.31. The van der Waals surface area contributed by atoms with Crippen molar-refractivity contribution in [3.05, 3.63) is 53.6 Å². The summed E-state index contributed by atoms with van der Waals surface area (Å²) < 4.78 is 16.1. The van der Waals surface area contributed by atoms with Gasteiger partial charge in [0.05, 0.1) is 27.4 Å². The van der Waals surface area contributed by atoms with E-state index in [1.54, 1.807) is 33.5 Å². The fourth-order valence-corrected chi connectivity index (χ4v) is 3.40. The average Bonchev–Trinajstić information content (AvgIpc) is 3.16. The van der Waals surface area contributed by atoms with E-state index < -0.39 is 0 Å². The monoisotopic (exact) mass is 341 g/mol. The van der Waals surface area contributed by atoms with Crippen LogP contribution in [0.1, 0.15) is 34.8 Å². The molecule has 2 aromatic carbocycles. The summed E-state index contributed by atoms with van der Waals surface area (Å²) in [6, 6.07) is 13.7. The molecule has 1 fully saturated rings. The van der Waals surface area contributed by atoms with Crippen LogP contribution in [-0.4, -0.2) is 38.7 Å². The van der Waals surface area contributed by atoms with Gasteiger partial charge in [0.15, 0.2) is 11.5 Å². The van der Waals surface area contributed by atoms with Crippen molar-refractivity contribution in [3.8, 4) is 17.2 Å². The number of benzene rings is 2. The standard InChI is InChI=1S/C20H23NO4/c1-23-17-12-15(13-18(24-2)19(17)25-3)20(22)21-11-7-10-16(21)14-8-5-4-6-9-14/h4-6,8-9,12-13,16H,7,10-11H2,1-3H3. The molecule has 1 atom stereocenters. The molecule has 0 bridgehead atoms. The lowest BCUT2D eigenvalue weighted by molar-refractivity contribution is 0.0734. The van der Waals surface area contributed by atoms with Crippen LogP contribution in [0.4, 0.5) is 0 Å². The summed E-state index contributed by atoms with van der Waals surface area (Å²) in [5, 5.41) is 0. The fourth-order valence-electron chi connectivity index (χ4n) is 3.40. The normalized spacial score (nSPS) is 16.6. The van der Waals surface area contributed by atoms with E-state index in [1.807, 2.05) is 23.1 Å². The Bertz CT molecular complexity index is 720. The van der Waals surface area contributed by atoms with Gasteiger partial charge in [0, 0.05) is 12.1 Å². The maximum Gasteiger partial charge on any atom is 0.254 e. The molecule has 0 aromatic heterocycles. The number of rotatable bonds is 5. The maximum absolute atomic E-state index is 13.1. The zero-order chi connectivity index (χ0) is 17.8. The van der Waals surface area contributed by atoms with Crippen LogP contribution in [0.15, 0.2) is 42.5 Å². The van der Waals surface area contributed by atoms with E-state index in [0.717, 1.165) is 19.4 Å². The van der Waals surface area contributed by atoms with Gasteiger partial charge in [-0.15, -0.1) is 0 Å². The summed E-state index contributed by atoms with van der Waals surface area (Å²) in [6.45, 7) is 0.745. The molecule has 0 N–H and O–H groups in total. The molecule has 2 aromatic rings. The summed E-state index contributed by atoms with van der Waals surface area (Å²) in [5.74, 6) is 1.44. The first-order valence-corrected chi connectivity index (χ1v) is 8.35. The average molecular weight is 341 g/mol. The Labute approximate surface area is 148 Å².